The second-order valence-corrected chi connectivity index (χ2v) is 4.51. The summed E-state index contributed by atoms with van der Waals surface area (Å²) < 4.78 is 43.1. The van der Waals surface area contributed by atoms with E-state index in [1.807, 2.05) is 6.92 Å². The highest BCUT2D eigenvalue weighted by Crippen LogP contribution is 2.29. The summed E-state index contributed by atoms with van der Waals surface area (Å²) in [5, 5.41) is 2.39. The molecule has 0 atom stereocenters. The van der Waals surface area contributed by atoms with Gasteiger partial charge >= 0.3 is 6.18 Å². The first-order chi connectivity index (χ1) is 10.4. The summed E-state index contributed by atoms with van der Waals surface area (Å²) in [7, 11) is 0. The first kappa shape index (κ1) is 18.0. The highest BCUT2D eigenvalue weighted by molar-refractivity contribution is 6.04. The number of hydrogen-bond donors (Lipinski definition) is 1. The van der Waals surface area contributed by atoms with Crippen molar-refractivity contribution in [1.29, 1.82) is 0 Å². The van der Waals surface area contributed by atoms with Gasteiger partial charge in [0.15, 0.2) is 0 Å². The first-order valence-corrected chi connectivity index (χ1v) is 7.04. The summed E-state index contributed by atoms with van der Waals surface area (Å²) >= 11 is 0. The average molecular weight is 316 g/mol. The second kappa shape index (κ2) is 8.41. The summed E-state index contributed by atoms with van der Waals surface area (Å²) in [6.45, 7) is 4.51. The first-order valence-electron chi connectivity index (χ1n) is 7.04. The Kier molecular flexibility index (Phi) is 6.88. The van der Waals surface area contributed by atoms with Crippen molar-refractivity contribution < 1.29 is 22.7 Å². The Morgan fingerprint density at radius 3 is 2.64 bits per heavy atom. The quantitative estimate of drug-likeness (QED) is 0.512. The lowest BCUT2D eigenvalue weighted by Crippen LogP contribution is -2.33. The number of hydrogen-bond acceptors (Lipinski definition) is 3. The van der Waals surface area contributed by atoms with Crippen molar-refractivity contribution in [2.75, 3.05) is 13.2 Å². The maximum absolute atomic E-state index is 12.6. The van der Waals surface area contributed by atoms with Crippen molar-refractivity contribution in [1.82, 2.24) is 5.32 Å². The third kappa shape index (κ3) is 5.75. The van der Waals surface area contributed by atoms with Crippen LogP contribution in [0.1, 0.15) is 42.6 Å². The van der Waals surface area contributed by atoms with Crippen LogP contribution in [0.15, 0.2) is 29.3 Å². The predicted molar refractivity (Wildman–Crippen MR) is 77.7 cm³/mol. The number of benzene rings is 1. The Labute approximate surface area is 127 Å². The van der Waals surface area contributed by atoms with Gasteiger partial charge in [0.25, 0.3) is 11.9 Å². The maximum Gasteiger partial charge on any atom is 0.416 e. The number of nitrogens with zero attached hydrogens (tertiary/aromatic N) is 1. The normalized spacial score (nSPS) is 12.1. The van der Waals surface area contributed by atoms with Crippen molar-refractivity contribution in [2.24, 2.45) is 4.99 Å². The van der Waals surface area contributed by atoms with Gasteiger partial charge in [-0.1, -0.05) is 19.4 Å². The summed E-state index contributed by atoms with van der Waals surface area (Å²) in [6.07, 6.45) is -2.73. The van der Waals surface area contributed by atoms with Crippen molar-refractivity contribution in [3.8, 4) is 0 Å². The molecule has 1 aromatic rings. The molecule has 4 nitrogen and oxygen atoms in total. The largest absolute Gasteiger partial charge is 0.465 e. The summed E-state index contributed by atoms with van der Waals surface area (Å²) in [6, 6.07) is 4.23. The van der Waals surface area contributed by atoms with E-state index in [2.05, 4.69) is 10.3 Å². The molecule has 0 aliphatic rings. The predicted octanol–water partition coefficient (Wildman–Crippen LogP) is 3.63. The van der Waals surface area contributed by atoms with Gasteiger partial charge < -0.3 is 4.74 Å². The third-order valence-corrected chi connectivity index (χ3v) is 2.72. The number of rotatable bonds is 5. The van der Waals surface area contributed by atoms with Gasteiger partial charge in [0.2, 0.25) is 0 Å². The molecule has 1 N–H and O–H groups in total. The van der Waals surface area contributed by atoms with Gasteiger partial charge in [-0.3, -0.25) is 10.1 Å². The van der Waals surface area contributed by atoms with Crippen LogP contribution in [-0.2, 0) is 10.9 Å². The lowest BCUT2D eigenvalue weighted by atomic mass is 10.1. The lowest BCUT2D eigenvalue weighted by Gasteiger charge is -2.11. The number of carbonyl (C=O) groups excluding carboxylic acids is 1. The number of ether oxygens (including phenoxy) is 1. The number of aliphatic imine (C=N–C) groups is 1. The van der Waals surface area contributed by atoms with Crippen molar-refractivity contribution in [3.05, 3.63) is 35.4 Å². The minimum absolute atomic E-state index is 0.0263. The van der Waals surface area contributed by atoms with E-state index >= 15 is 0 Å². The molecule has 0 radical (unpaired) electrons. The van der Waals surface area contributed by atoms with Crippen LogP contribution in [0.25, 0.3) is 0 Å². The lowest BCUT2D eigenvalue weighted by molar-refractivity contribution is -0.137. The van der Waals surface area contributed by atoms with Gasteiger partial charge in [0.1, 0.15) is 0 Å². The fourth-order valence-electron chi connectivity index (χ4n) is 1.60. The molecular formula is C15H19F3N2O2. The Bertz CT molecular complexity index is 528. The molecule has 0 unspecified atom stereocenters. The second-order valence-electron chi connectivity index (χ2n) is 4.51. The van der Waals surface area contributed by atoms with E-state index in [1.54, 1.807) is 6.92 Å². The number of unbranched alkanes of at least 4 members (excludes halogenated alkanes) is 1. The molecule has 122 valence electrons. The molecular weight excluding hydrogens is 297 g/mol. The van der Waals surface area contributed by atoms with E-state index in [9.17, 15) is 18.0 Å². The Morgan fingerprint density at radius 2 is 2.05 bits per heavy atom. The molecule has 0 aliphatic carbocycles. The van der Waals surface area contributed by atoms with Gasteiger partial charge in [-0.25, -0.2) is 4.99 Å². The van der Waals surface area contributed by atoms with Gasteiger partial charge in [-0.05, 0) is 31.5 Å². The average Bonchev–Trinajstić information content (AvgIpc) is 2.47. The molecule has 0 spiro atoms. The molecule has 0 bridgehead atoms. The molecule has 0 saturated carbocycles. The van der Waals surface area contributed by atoms with Crippen LogP contribution in [-0.4, -0.2) is 25.1 Å². The van der Waals surface area contributed by atoms with E-state index in [4.69, 9.17) is 4.74 Å². The zero-order chi connectivity index (χ0) is 16.6. The van der Waals surface area contributed by atoms with Crippen LogP contribution in [0.2, 0.25) is 0 Å². The molecule has 1 rings (SSSR count). The summed E-state index contributed by atoms with van der Waals surface area (Å²) in [4.78, 5) is 16.1. The van der Waals surface area contributed by atoms with Gasteiger partial charge in [0, 0.05) is 12.1 Å². The minimum atomic E-state index is -4.49. The maximum atomic E-state index is 12.6. The summed E-state index contributed by atoms with van der Waals surface area (Å²) in [5.74, 6) is -0.685. The Hall–Kier alpha value is -2.05. The van der Waals surface area contributed by atoms with E-state index < -0.39 is 17.6 Å². The van der Waals surface area contributed by atoms with Gasteiger partial charge in [0.05, 0.1) is 12.2 Å². The molecule has 1 aromatic carbocycles. The fourth-order valence-corrected chi connectivity index (χ4v) is 1.60. The molecule has 0 saturated heterocycles. The van der Waals surface area contributed by atoms with E-state index in [1.165, 1.54) is 12.1 Å². The SMILES string of the molecule is CCCCN=C(NC(=O)c1cccc(C(F)(F)F)c1)OCC. The van der Waals surface area contributed by atoms with Crippen LogP contribution in [0.4, 0.5) is 13.2 Å². The molecule has 0 fully saturated rings. The zero-order valence-electron chi connectivity index (χ0n) is 12.5. The Morgan fingerprint density at radius 1 is 1.32 bits per heavy atom. The van der Waals surface area contributed by atoms with Crippen LogP contribution < -0.4 is 5.32 Å². The van der Waals surface area contributed by atoms with Crippen LogP contribution in [0.5, 0.6) is 0 Å². The number of amides is 1. The number of halogens is 3. The number of amidine groups is 1. The topological polar surface area (TPSA) is 50.7 Å². The monoisotopic (exact) mass is 316 g/mol. The zero-order valence-corrected chi connectivity index (χ0v) is 12.5. The van der Waals surface area contributed by atoms with Crippen molar-refractivity contribution in [3.63, 3.8) is 0 Å². The third-order valence-electron chi connectivity index (χ3n) is 2.72. The number of carbonyl (C=O) groups is 1. The minimum Gasteiger partial charge on any atom is -0.465 e. The number of nitrogens with one attached hydrogen (secondary N) is 1. The molecule has 1 amide bonds. The molecule has 7 heteroatoms. The van der Waals surface area contributed by atoms with Crippen LogP contribution in [0.3, 0.4) is 0 Å². The molecule has 0 aromatic heterocycles. The number of alkyl halides is 3. The van der Waals surface area contributed by atoms with Crippen molar-refractivity contribution in [2.45, 2.75) is 32.9 Å². The van der Waals surface area contributed by atoms with Crippen LogP contribution in [0, 0.1) is 0 Å². The van der Waals surface area contributed by atoms with Gasteiger partial charge in [-0.2, -0.15) is 13.2 Å². The molecule has 22 heavy (non-hydrogen) atoms. The highest BCUT2D eigenvalue weighted by Gasteiger charge is 2.30. The van der Waals surface area contributed by atoms with E-state index in [-0.39, 0.29) is 11.6 Å². The smallest absolute Gasteiger partial charge is 0.416 e. The fraction of sp³-hybridized carbons (Fsp3) is 0.467. The van der Waals surface area contributed by atoms with Gasteiger partial charge in [-0.15, -0.1) is 0 Å². The standard InChI is InChI=1S/C15H19F3N2O2/c1-3-5-9-19-14(22-4-2)20-13(21)11-7-6-8-12(10-11)15(16,17)18/h6-8,10H,3-5,9H2,1-2H3,(H,19,20,21). The van der Waals surface area contributed by atoms with E-state index in [0.717, 1.165) is 25.0 Å². The van der Waals surface area contributed by atoms with Crippen LogP contribution >= 0.6 is 0 Å². The summed E-state index contributed by atoms with van der Waals surface area (Å²) in [5.41, 5.74) is -0.973. The Balaban J connectivity index is 2.84. The van der Waals surface area contributed by atoms with Crippen molar-refractivity contribution >= 4 is 11.9 Å². The van der Waals surface area contributed by atoms with E-state index in [0.29, 0.717) is 13.2 Å². The molecule has 0 aliphatic heterocycles. The highest BCUT2D eigenvalue weighted by atomic mass is 19.4. The molecule has 0 heterocycles.